The number of nitrogens with zero attached hydrogens (tertiary/aromatic N) is 3. The van der Waals surface area contributed by atoms with Crippen LogP contribution in [0.1, 0.15) is 19.8 Å². The third-order valence-corrected chi connectivity index (χ3v) is 2.98. The molecule has 0 unspecified atom stereocenters. The first-order valence-corrected chi connectivity index (χ1v) is 5.86. The lowest BCUT2D eigenvalue weighted by Gasteiger charge is -2.32. The zero-order valence-corrected chi connectivity index (χ0v) is 10.0. The van der Waals surface area contributed by atoms with Gasteiger partial charge in [-0.3, -0.25) is 4.68 Å². The van der Waals surface area contributed by atoms with E-state index in [9.17, 15) is 0 Å². The van der Waals surface area contributed by atoms with Crippen LogP contribution in [0.15, 0.2) is 6.20 Å². The first kappa shape index (κ1) is 11.3. The van der Waals surface area contributed by atoms with E-state index >= 15 is 0 Å². The monoisotopic (exact) mass is 224 g/mol. The van der Waals surface area contributed by atoms with E-state index in [0.29, 0.717) is 6.10 Å². The first-order chi connectivity index (χ1) is 7.70. The van der Waals surface area contributed by atoms with E-state index in [-0.39, 0.29) is 0 Å². The van der Waals surface area contributed by atoms with Gasteiger partial charge in [0.15, 0.2) is 5.82 Å². The van der Waals surface area contributed by atoms with Crippen LogP contribution >= 0.6 is 0 Å². The minimum Gasteiger partial charge on any atom is -0.394 e. The molecule has 0 bridgehead atoms. The number of aromatic nitrogens is 2. The number of aryl methyl sites for hydroxylation is 1. The maximum absolute atomic E-state index is 5.91. The SMILES string of the molecule is CCOC1CCN(c2nn(C)cc2N)CC1. The Bertz CT molecular complexity index is 342. The molecule has 1 aromatic heterocycles. The van der Waals surface area contributed by atoms with Gasteiger partial charge in [-0.25, -0.2) is 0 Å². The molecular formula is C11H20N4O. The van der Waals surface area contributed by atoms with Crippen LogP contribution in [0, 0.1) is 0 Å². The molecule has 2 rings (SSSR count). The highest BCUT2D eigenvalue weighted by molar-refractivity contribution is 5.61. The number of piperidine rings is 1. The van der Waals surface area contributed by atoms with E-state index in [2.05, 4.69) is 10.00 Å². The molecule has 0 aromatic carbocycles. The van der Waals surface area contributed by atoms with E-state index < -0.39 is 0 Å². The van der Waals surface area contributed by atoms with E-state index in [1.165, 1.54) is 0 Å². The van der Waals surface area contributed by atoms with E-state index in [4.69, 9.17) is 10.5 Å². The summed E-state index contributed by atoms with van der Waals surface area (Å²) in [6, 6.07) is 0. The summed E-state index contributed by atoms with van der Waals surface area (Å²) in [5.74, 6) is 0.914. The Kier molecular flexibility index (Phi) is 3.33. The number of ether oxygens (including phenoxy) is 1. The normalized spacial score (nSPS) is 18.0. The molecule has 5 heteroatoms. The molecule has 1 aliphatic heterocycles. The van der Waals surface area contributed by atoms with Crippen molar-refractivity contribution in [1.29, 1.82) is 0 Å². The van der Waals surface area contributed by atoms with Gasteiger partial charge in [0.1, 0.15) is 0 Å². The van der Waals surface area contributed by atoms with Crippen LogP contribution in [-0.2, 0) is 11.8 Å². The molecule has 0 radical (unpaired) electrons. The van der Waals surface area contributed by atoms with Crippen LogP contribution < -0.4 is 10.6 Å². The number of hydrogen-bond donors (Lipinski definition) is 1. The molecular weight excluding hydrogens is 204 g/mol. The van der Waals surface area contributed by atoms with Crippen molar-refractivity contribution in [2.45, 2.75) is 25.9 Å². The maximum atomic E-state index is 5.91. The van der Waals surface area contributed by atoms with Crippen LogP contribution in [0.4, 0.5) is 11.5 Å². The Hall–Kier alpha value is -1.23. The summed E-state index contributed by atoms with van der Waals surface area (Å²) in [6.07, 6.45) is 4.38. The molecule has 0 atom stereocenters. The summed E-state index contributed by atoms with van der Waals surface area (Å²) in [5, 5.41) is 4.38. The van der Waals surface area contributed by atoms with Gasteiger partial charge >= 0.3 is 0 Å². The molecule has 2 heterocycles. The number of nitrogen functional groups attached to an aromatic ring is 1. The van der Waals surface area contributed by atoms with Crippen LogP contribution in [0.25, 0.3) is 0 Å². The standard InChI is InChI=1S/C11H20N4O/c1-3-16-9-4-6-15(7-5-9)11-10(12)8-14(2)13-11/h8-9H,3-7,12H2,1-2H3. The molecule has 0 saturated carbocycles. The quantitative estimate of drug-likeness (QED) is 0.832. The van der Waals surface area contributed by atoms with Crippen LogP contribution in [-0.4, -0.2) is 35.6 Å². The second-order valence-electron chi connectivity index (χ2n) is 4.22. The third-order valence-electron chi connectivity index (χ3n) is 2.98. The Morgan fingerprint density at radius 2 is 2.19 bits per heavy atom. The molecule has 1 aliphatic rings. The number of hydrogen-bond acceptors (Lipinski definition) is 4. The number of nitrogens with two attached hydrogens (primary N) is 1. The first-order valence-electron chi connectivity index (χ1n) is 5.86. The molecule has 0 spiro atoms. The number of rotatable bonds is 3. The highest BCUT2D eigenvalue weighted by Gasteiger charge is 2.22. The molecule has 2 N–H and O–H groups in total. The van der Waals surface area contributed by atoms with Crippen LogP contribution in [0.2, 0.25) is 0 Å². The van der Waals surface area contributed by atoms with E-state index in [1.807, 2.05) is 20.2 Å². The summed E-state index contributed by atoms with van der Waals surface area (Å²) in [4.78, 5) is 2.24. The fourth-order valence-electron chi connectivity index (χ4n) is 2.21. The minimum atomic E-state index is 0.409. The van der Waals surface area contributed by atoms with Gasteiger partial charge in [-0.1, -0.05) is 0 Å². The van der Waals surface area contributed by atoms with Crippen molar-refractivity contribution in [3.05, 3.63) is 6.20 Å². The number of anilines is 2. The van der Waals surface area contributed by atoms with Gasteiger partial charge in [0.2, 0.25) is 0 Å². The van der Waals surface area contributed by atoms with Gasteiger partial charge in [-0.2, -0.15) is 5.10 Å². The van der Waals surface area contributed by atoms with Crippen molar-refractivity contribution in [3.8, 4) is 0 Å². The summed E-state index contributed by atoms with van der Waals surface area (Å²) in [5.41, 5.74) is 6.67. The lowest BCUT2D eigenvalue weighted by atomic mass is 10.1. The van der Waals surface area contributed by atoms with Crippen molar-refractivity contribution in [3.63, 3.8) is 0 Å². The highest BCUT2D eigenvalue weighted by atomic mass is 16.5. The third kappa shape index (κ3) is 2.29. The van der Waals surface area contributed by atoms with Crippen molar-refractivity contribution in [1.82, 2.24) is 9.78 Å². The fraction of sp³-hybridized carbons (Fsp3) is 0.727. The van der Waals surface area contributed by atoms with Crippen molar-refractivity contribution >= 4 is 11.5 Å². The topological polar surface area (TPSA) is 56.3 Å². The molecule has 5 nitrogen and oxygen atoms in total. The van der Waals surface area contributed by atoms with Crippen LogP contribution in [0.5, 0.6) is 0 Å². The van der Waals surface area contributed by atoms with Gasteiger partial charge < -0.3 is 15.4 Å². The lowest BCUT2D eigenvalue weighted by Crippen LogP contribution is -2.37. The van der Waals surface area contributed by atoms with Crippen molar-refractivity contribution < 1.29 is 4.74 Å². The smallest absolute Gasteiger partial charge is 0.173 e. The van der Waals surface area contributed by atoms with Gasteiger partial charge in [0.05, 0.1) is 11.8 Å². The average Bonchev–Trinajstić information content (AvgIpc) is 2.59. The average molecular weight is 224 g/mol. The van der Waals surface area contributed by atoms with Gasteiger partial charge in [0, 0.05) is 32.9 Å². The Morgan fingerprint density at radius 1 is 1.50 bits per heavy atom. The van der Waals surface area contributed by atoms with Crippen molar-refractivity contribution in [2.75, 3.05) is 30.3 Å². The second kappa shape index (κ2) is 4.74. The minimum absolute atomic E-state index is 0.409. The largest absolute Gasteiger partial charge is 0.394 e. The molecule has 0 aliphatic carbocycles. The summed E-state index contributed by atoms with van der Waals surface area (Å²) in [7, 11) is 1.90. The van der Waals surface area contributed by atoms with Crippen LogP contribution in [0.3, 0.4) is 0 Å². The zero-order chi connectivity index (χ0) is 11.5. The molecule has 90 valence electrons. The molecule has 0 amide bonds. The van der Waals surface area contributed by atoms with Gasteiger partial charge in [0.25, 0.3) is 0 Å². The predicted molar refractivity (Wildman–Crippen MR) is 64.5 cm³/mol. The highest BCUT2D eigenvalue weighted by Crippen LogP contribution is 2.24. The second-order valence-corrected chi connectivity index (χ2v) is 4.22. The maximum Gasteiger partial charge on any atom is 0.173 e. The Balaban J connectivity index is 1.96. The van der Waals surface area contributed by atoms with E-state index in [1.54, 1.807) is 4.68 Å². The predicted octanol–water partition coefficient (Wildman–Crippen LogP) is 1.01. The Morgan fingerprint density at radius 3 is 2.69 bits per heavy atom. The molecule has 16 heavy (non-hydrogen) atoms. The Labute approximate surface area is 96.2 Å². The fourth-order valence-corrected chi connectivity index (χ4v) is 2.21. The zero-order valence-electron chi connectivity index (χ0n) is 10.0. The van der Waals surface area contributed by atoms with Gasteiger partial charge in [-0.05, 0) is 19.8 Å². The summed E-state index contributed by atoms with van der Waals surface area (Å²) < 4.78 is 7.38. The molecule has 1 aromatic rings. The summed E-state index contributed by atoms with van der Waals surface area (Å²) >= 11 is 0. The van der Waals surface area contributed by atoms with Gasteiger partial charge in [-0.15, -0.1) is 0 Å². The van der Waals surface area contributed by atoms with E-state index in [0.717, 1.165) is 44.0 Å². The molecule has 1 fully saturated rings. The lowest BCUT2D eigenvalue weighted by molar-refractivity contribution is 0.0458. The summed E-state index contributed by atoms with van der Waals surface area (Å²) in [6.45, 7) is 4.80. The van der Waals surface area contributed by atoms with Crippen molar-refractivity contribution in [2.24, 2.45) is 7.05 Å². The molecule has 1 saturated heterocycles.